The van der Waals surface area contributed by atoms with Crippen LogP contribution in [0.1, 0.15) is 5.56 Å². The Morgan fingerprint density at radius 1 is 1.12 bits per heavy atom. The average molecular weight is 347 g/mol. The molecule has 0 bridgehead atoms. The molecule has 0 atom stereocenters. The van der Waals surface area contributed by atoms with Crippen molar-refractivity contribution in [1.82, 2.24) is 9.55 Å². The molecule has 1 aliphatic heterocycles. The van der Waals surface area contributed by atoms with Crippen LogP contribution >= 0.6 is 11.8 Å². The van der Waals surface area contributed by atoms with Crippen molar-refractivity contribution in [1.29, 1.82) is 0 Å². The quantitative estimate of drug-likeness (QED) is 0.716. The van der Waals surface area contributed by atoms with E-state index in [-0.39, 0.29) is 5.91 Å². The van der Waals surface area contributed by atoms with Crippen molar-refractivity contribution in [3.8, 4) is 11.3 Å². The van der Waals surface area contributed by atoms with E-state index in [1.807, 2.05) is 54.6 Å². The van der Waals surface area contributed by atoms with Crippen LogP contribution in [-0.2, 0) is 11.3 Å². The number of aromatic nitrogens is 2. The number of rotatable bonds is 4. The highest BCUT2D eigenvalue weighted by Crippen LogP contribution is 2.29. The summed E-state index contributed by atoms with van der Waals surface area (Å²) in [5, 5.41) is 3.96. The molecule has 0 unspecified atom stereocenters. The first-order chi connectivity index (χ1) is 12.3. The maximum atomic E-state index is 12.0. The molecule has 1 aliphatic rings. The van der Waals surface area contributed by atoms with Gasteiger partial charge >= 0.3 is 0 Å². The van der Waals surface area contributed by atoms with E-state index >= 15 is 0 Å². The van der Waals surface area contributed by atoms with Gasteiger partial charge in [-0.05, 0) is 23.8 Å². The number of hydrogen-bond acceptors (Lipinski definition) is 3. The van der Waals surface area contributed by atoms with E-state index in [1.165, 1.54) is 0 Å². The normalized spacial score (nSPS) is 13.1. The van der Waals surface area contributed by atoms with Gasteiger partial charge in [-0.15, -0.1) is 0 Å². The number of nitrogens with one attached hydrogen (secondary N) is 1. The van der Waals surface area contributed by atoms with Gasteiger partial charge in [0.05, 0.1) is 5.69 Å². The van der Waals surface area contributed by atoms with Crippen LogP contribution in [0.25, 0.3) is 17.3 Å². The third-order valence-electron chi connectivity index (χ3n) is 3.98. The van der Waals surface area contributed by atoms with E-state index in [4.69, 9.17) is 0 Å². The largest absolute Gasteiger partial charge is 0.325 e. The summed E-state index contributed by atoms with van der Waals surface area (Å²) in [5.74, 6) is 0.957. The fraction of sp³-hybridized carbons (Fsp3) is 0.100. The molecule has 4 nitrogen and oxygen atoms in total. The number of aryl methyl sites for hydroxylation is 1. The zero-order valence-corrected chi connectivity index (χ0v) is 14.4. The van der Waals surface area contributed by atoms with Crippen molar-refractivity contribution in [3.63, 3.8) is 0 Å². The van der Waals surface area contributed by atoms with E-state index in [9.17, 15) is 4.79 Å². The van der Waals surface area contributed by atoms with Gasteiger partial charge in [-0.25, -0.2) is 4.98 Å². The van der Waals surface area contributed by atoms with Crippen LogP contribution in [0.5, 0.6) is 0 Å². The molecule has 0 saturated heterocycles. The van der Waals surface area contributed by atoms with Crippen molar-refractivity contribution in [2.24, 2.45) is 0 Å². The molecule has 3 aromatic rings. The van der Waals surface area contributed by atoms with Crippen LogP contribution in [-0.4, -0.2) is 21.2 Å². The number of thioether (sulfide) groups is 1. The number of carbonyl (C=O) groups is 1. The Morgan fingerprint density at radius 3 is 2.68 bits per heavy atom. The second kappa shape index (κ2) is 6.99. The molecule has 0 radical (unpaired) electrons. The van der Waals surface area contributed by atoms with Crippen LogP contribution in [0.4, 0.5) is 5.69 Å². The lowest BCUT2D eigenvalue weighted by Crippen LogP contribution is -2.07. The van der Waals surface area contributed by atoms with Gasteiger partial charge in [0.15, 0.2) is 5.16 Å². The number of fused-ring (bicyclic) bond motifs is 1. The number of anilines is 1. The lowest BCUT2D eigenvalue weighted by molar-refractivity contribution is -0.111. The summed E-state index contributed by atoms with van der Waals surface area (Å²) in [7, 11) is 0. The molecule has 25 heavy (non-hydrogen) atoms. The van der Waals surface area contributed by atoms with Crippen molar-refractivity contribution < 1.29 is 4.79 Å². The van der Waals surface area contributed by atoms with E-state index in [1.54, 1.807) is 23.9 Å². The Balaban J connectivity index is 1.41. The minimum absolute atomic E-state index is 0.144. The number of benzene rings is 2. The lowest BCUT2D eigenvalue weighted by atomic mass is 10.1. The first kappa shape index (κ1) is 15.7. The highest BCUT2D eigenvalue weighted by Gasteiger charge is 2.15. The molecular weight excluding hydrogens is 330 g/mol. The lowest BCUT2D eigenvalue weighted by Gasteiger charge is -2.03. The molecule has 1 amide bonds. The van der Waals surface area contributed by atoms with Crippen LogP contribution in [0, 0.1) is 0 Å². The summed E-state index contributed by atoms with van der Waals surface area (Å²) < 4.78 is 2.18. The van der Waals surface area contributed by atoms with Crippen LogP contribution in [0.3, 0.4) is 0 Å². The molecule has 1 aromatic heterocycles. The van der Waals surface area contributed by atoms with Gasteiger partial charge in [-0.2, -0.15) is 0 Å². The molecule has 0 aliphatic carbocycles. The first-order valence-electron chi connectivity index (χ1n) is 8.12. The Labute approximate surface area is 150 Å². The van der Waals surface area contributed by atoms with E-state index in [0.29, 0.717) is 0 Å². The first-order valence-corrected chi connectivity index (χ1v) is 9.11. The average Bonchev–Trinajstić information content (AvgIpc) is 3.24. The predicted molar refractivity (Wildman–Crippen MR) is 102 cm³/mol. The summed E-state index contributed by atoms with van der Waals surface area (Å²) in [6.07, 6.45) is 5.43. The zero-order chi connectivity index (χ0) is 17.1. The number of hydrogen-bond donors (Lipinski definition) is 1. The van der Waals surface area contributed by atoms with Crippen LogP contribution < -0.4 is 5.32 Å². The summed E-state index contributed by atoms with van der Waals surface area (Å²) in [6, 6.07) is 17.5. The molecule has 124 valence electrons. The summed E-state index contributed by atoms with van der Waals surface area (Å²) in [5.41, 5.74) is 3.80. The van der Waals surface area contributed by atoms with Gasteiger partial charge < -0.3 is 9.88 Å². The van der Waals surface area contributed by atoms with E-state index in [2.05, 4.69) is 21.1 Å². The van der Waals surface area contributed by atoms with E-state index in [0.717, 1.165) is 40.0 Å². The highest BCUT2D eigenvalue weighted by molar-refractivity contribution is 7.99. The molecule has 2 heterocycles. The molecule has 0 fully saturated rings. The maximum absolute atomic E-state index is 12.0. The van der Waals surface area contributed by atoms with Gasteiger partial charge in [0.1, 0.15) is 0 Å². The van der Waals surface area contributed by atoms with Crippen molar-refractivity contribution >= 4 is 29.4 Å². The number of carbonyl (C=O) groups excluding carboxylic acids is 1. The monoisotopic (exact) mass is 347 g/mol. The zero-order valence-electron chi connectivity index (χ0n) is 13.6. The third-order valence-corrected chi connectivity index (χ3v) is 4.95. The van der Waals surface area contributed by atoms with Crippen molar-refractivity contribution in [2.45, 2.75) is 11.7 Å². The van der Waals surface area contributed by atoms with Gasteiger partial charge in [-0.3, -0.25) is 4.79 Å². The van der Waals surface area contributed by atoms with E-state index < -0.39 is 0 Å². The molecule has 0 saturated carbocycles. The van der Waals surface area contributed by atoms with Crippen LogP contribution in [0.15, 0.2) is 72.0 Å². The SMILES string of the molecule is O=C(/C=C/c1ccccc1)Nc1ccc(-c2cn3c(n2)SCC3)cc1. The maximum Gasteiger partial charge on any atom is 0.248 e. The molecule has 4 rings (SSSR count). The molecule has 0 spiro atoms. The summed E-state index contributed by atoms with van der Waals surface area (Å²) >= 11 is 1.79. The van der Waals surface area contributed by atoms with Gasteiger partial charge in [-0.1, -0.05) is 54.2 Å². The predicted octanol–water partition coefficient (Wildman–Crippen LogP) is 4.31. The fourth-order valence-corrected chi connectivity index (χ4v) is 3.64. The van der Waals surface area contributed by atoms with Gasteiger partial charge in [0.25, 0.3) is 0 Å². The Kier molecular flexibility index (Phi) is 4.39. The van der Waals surface area contributed by atoms with Crippen molar-refractivity contribution in [2.75, 3.05) is 11.1 Å². The Bertz CT molecular complexity index is 892. The number of nitrogens with zero attached hydrogens (tertiary/aromatic N) is 2. The van der Waals surface area contributed by atoms with Crippen LogP contribution in [0.2, 0.25) is 0 Å². The van der Waals surface area contributed by atoms with Crippen molar-refractivity contribution in [3.05, 3.63) is 72.4 Å². The highest BCUT2D eigenvalue weighted by atomic mass is 32.2. The Hall–Kier alpha value is -2.79. The molecule has 2 aromatic carbocycles. The Morgan fingerprint density at radius 2 is 1.92 bits per heavy atom. The standard InChI is InChI=1S/C20H17N3OS/c24-19(11-6-15-4-2-1-3-5-15)21-17-9-7-16(8-10-17)18-14-23-12-13-25-20(23)22-18/h1-11,14H,12-13H2,(H,21,24)/b11-6+. The molecule has 1 N–H and O–H groups in total. The van der Waals surface area contributed by atoms with Gasteiger partial charge in [0.2, 0.25) is 5.91 Å². The minimum Gasteiger partial charge on any atom is -0.325 e. The number of amides is 1. The second-order valence-corrected chi connectivity index (χ2v) is 6.82. The smallest absolute Gasteiger partial charge is 0.248 e. The topological polar surface area (TPSA) is 46.9 Å². The summed E-state index contributed by atoms with van der Waals surface area (Å²) in [4.78, 5) is 16.7. The number of imidazole rings is 1. The second-order valence-electron chi connectivity index (χ2n) is 5.76. The van der Waals surface area contributed by atoms with Gasteiger partial charge in [0, 0.05) is 35.8 Å². The fourth-order valence-electron chi connectivity index (χ4n) is 2.69. The third kappa shape index (κ3) is 3.67. The molecular formula is C20H17N3OS. The summed E-state index contributed by atoms with van der Waals surface area (Å²) in [6.45, 7) is 1.02. The molecule has 5 heteroatoms. The minimum atomic E-state index is -0.144.